The molecule has 168 valence electrons. The summed E-state index contributed by atoms with van der Waals surface area (Å²) >= 11 is 1.46. The van der Waals surface area contributed by atoms with Gasteiger partial charge in [-0.05, 0) is 48.5 Å². The Morgan fingerprint density at radius 3 is 2.52 bits per heavy atom. The van der Waals surface area contributed by atoms with Crippen molar-refractivity contribution >= 4 is 35.0 Å². The second-order valence-electron chi connectivity index (χ2n) is 7.88. The summed E-state index contributed by atoms with van der Waals surface area (Å²) in [5.41, 5.74) is 2.38. The van der Waals surface area contributed by atoms with Crippen LogP contribution in [0.15, 0.2) is 76.8 Å². The maximum Gasteiger partial charge on any atom is 0.261 e. The minimum atomic E-state index is -0.194. The van der Waals surface area contributed by atoms with Gasteiger partial charge in [-0.1, -0.05) is 23.9 Å². The molecule has 1 saturated heterocycles. The molecule has 2 aliphatic rings. The van der Waals surface area contributed by atoms with Gasteiger partial charge in [0.05, 0.1) is 18.4 Å². The van der Waals surface area contributed by atoms with Gasteiger partial charge in [0.1, 0.15) is 17.3 Å². The van der Waals surface area contributed by atoms with Crippen LogP contribution in [0.3, 0.4) is 0 Å². The molecule has 2 aliphatic heterocycles. The number of pyridine rings is 1. The number of carbonyl (C=O) groups excluding carboxylic acids is 2. The van der Waals surface area contributed by atoms with Crippen LogP contribution in [0.2, 0.25) is 0 Å². The third kappa shape index (κ3) is 4.26. The minimum Gasteiger partial charge on any atom is -0.497 e. The Kier molecular flexibility index (Phi) is 5.92. The van der Waals surface area contributed by atoms with Crippen molar-refractivity contribution in [2.75, 3.05) is 49.6 Å². The number of nitrogens with zero attached hydrogens (tertiary/aromatic N) is 4. The van der Waals surface area contributed by atoms with E-state index >= 15 is 0 Å². The molecule has 0 bridgehead atoms. The summed E-state index contributed by atoms with van der Waals surface area (Å²) in [5.74, 6) is 0.579. The lowest BCUT2D eigenvalue weighted by Crippen LogP contribution is -2.52. The molecule has 0 saturated carbocycles. The van der Waals surface area contributed by atoms with Crippen molar-refractivity contribution in [3.8, 4) is 5.75 Å². The molecule has 8 heteroatoms. The van der Waals surface area contributed by atoms with Gasteiger partial charge in [-0.3, -0.25) is 14.5 Å². The van der Waals surface area contributed by atoms with Crippen LogP contribution in [0.5, 0.6) is 5.75 Å². The highest BCUT2D eigenvalue weighted by molar-refractivity contribution is 7.99. The van der Waals surface area contributed by atoms with Gasteiger partial charge in [-0.15, -0.1) is 0 Å². The highest BCUT2D eigenvalue weighted by Gasteiger charge is 2.31. The molecule has 3 heterocycles. The van der Waals surface area contributed by atoms with Gasteiger partial charge in [0.2, 0.25) is 5.91 Å². The molecular formula is C25H24N4O3S. The number of fused-ring (bicyclic) bond motifs is 2. The van der Waals surface area contributed by atoms with E-state index in [2.05, 4.69) is 9.88 Å². The second-order valence-corrected chi connectivity index (χ2v) is 8.91. The zero-order valence-electron chi connectivity index (χ0n) is 18.3. The topological polar surface area (TPSA) is 66.0 Å². The molecule has 0 spiro atoms. The first kappa shape index (κ1) is 21.3. The molecule has 7 nitrogen and oxygen atoms in total. The zero-order valence-corrected chi connectivity index (χ0v) is 19.1. The fraction of sp³-hybridized carbons (Fsp3) is 0.240. The van der Waals surface area contributed by atoms with Gasteiger partial charge in [0.25, 0.3) is 5.91 Å². The SMILES string of the molecule is COc1ccc(N2CCN(C(=O)CN3C(=O)c4cccnc4Sc4ccccc43)CC2)cc1. The third-order valence-electron chi connectivity index (χ3n) is 5.97. The van der Waals surface area contributed by atoms with Crippen LogP contribution in [0.1, 0.15) is 10.4 Å². The van der Waals surface area contributed by atoms with Crippen molar-refractivity contribution in [1.82, 2.24) is 9.88 Å². The molecule has 0 unspecified atom stereocenters. The van der Waals surface area contributed by atoms with Crippen LogP contribution in [-0.2, 0) is 4.79 Å². The van der Waals surface area contributed by atoms with E-state index in [1.54, 1.807) is 30.3 Å². The largest absolute Gasteiger partial charge is 0.497 e. The fourth-order valence-electron chi connectivity index (χ4n) is 4.16. The predicted octanol–water partition coefficient (Wildman–Crippen LogP) is 3.55. The summed E-state index contributed by atoms with van der Waals surface area (Å²) in [5, 5.41) is 0.665. The quantitative estimate of drug-likeness (QED) is 0.593. The molecule has 1 aromatic heterocycles. The summed E-state index contributed by atoms with van der Waals surface area (Å²) < 4.78 is 5.23. The first-order valence-electron chi connectivity index (χ1n) is 10.8. The van der Waals surface area contributed by atoms with Gasteiger partial charge in [0, 0.05) is 43.0 Å². The first-order valence-corrected chi connectivity index (χ1v) is 11.7. The number of rotatable bonds is 4. The van der Waals surface area contributed by atoms with Gasteiger partial charge >= 0.3 is 0 Å². The number of amides is 2. The van der Waals surface area contributed by atoms with Crippen LogP contribution >= 0.6 is 11.8 Å². The van der Waals surface area contributed by atoms with Crippen LogP contribution in [0.25, 0.3) is 0 Å². The highest BCUT2D eigenvalue weighted by atomic mass is 32.2. The highest BCUT2D eigenvalue weighted by Crippen LogP contribution is 2.40. The number of anilines is 2. The standard InChI is InChI=1S/C25H24N4O3S/c1-32-19-10-8-18(9-11-19)27-13-15-28(16-14-27)23(30)17-29-21-6-2-3-7-22(21)33-24-20(25(29)31)5-4-12-26-24/h2-12H,13-17H2,1H3. The Morgan fingerprint density at radius 1 is 1.00 bits per heavy atom. The molecule has 1 fully saturated rings. The zero-order chi connectivity index (χ0) is 22.8. The molecule has 2 aromatic carbocycles. The molecular weight excluding hydrogens is 436 g/mol. The smallest absolute Gasteiger partial charge is 0.261 e. The van der Waals surface area contributed by atoms with Gasteiger partial charge in [-0.2, -0.15) is 0 Å². The summed E-state index contributed by atoms with van der Waals surface area (Å²) in [6.07, 6.45) is 1.69. The van der Waals surface area contributed by atoms with Gasteiger partial charge < -0.3 is 14.5 Å². The van der Waals surface area contributed by atoms with E-state index in [4.69, 9.17) is 4.74 Å². The Morgan fingerprint density at radius 2 is 1.76 bits per heavy atom. The number of hydrogen-bond donors (Lipinski definition) is 0. The third-order valence-corrected chi connectivity index (χ3v) is 7.06. The molecule has 0 radical (unpaired) electrons. The molecule has 0 atom stereocenters. The lowest BCUT2D eigenvalue weighted by atomic mass is 10.2. The van der Waals surface area contributed by atoms with Crippen molar-refractivity contribution in [2.45, 2.75) is 9.92 Å². The van der Waals surface area contributed by atoms with Crippen molar-refractivity contribution in [1.29, 1.82) is 0 Å². The Balaban J connectivity index is 1.31. The molecule has 0 aliphatic carbocycles. The predicted molar refractivity (Wildman–Crippen MR) is 128 cm³/mol. The van der Waals surface area contributed by atoms with Crippen molar-refractivity contribution < 1.29 is 14.3 Å². The summed E-state index contributed by atoms with van der Waals surface area (Å²) in [4.78, 5) is 37.6. The number of piperazine rings is 1. The molecule has 2 amide bonds. The lowest BCUT2D eigenvalue weighted by molar-refractivity contribution is -0.129. The van der Waals surface area contributed by atoms with Crippen molar-refractivity contribution in [3.63, 3.8) is 0 Å². The van der Waals surface area contributed by atoms with Gasteiger partial charge in [-0.25, -0.2) is 4.98 Å². The first-order chi connectivity index (χ1) is 16.1. The molecule has 5 rings (SSSR count). The number of hydrogen-bond acceptors (Lipinski definition) is 6. The maximum absolute atomic E-state index is 13.4. The average molecular weight is 461 g/mol. The van der Waals surface area contributed by atoms with E-state index in [1.807, 2.05) is 53.4 Å². The number of methoxy groups -OCH3 is 1. The summed E-state index contributed by atoms with van der Waals surface area (Å²) in [6.45, 7) is 2.71. The normalized spacial score (nSPS) is 15.5. The van der Waals surface area contributed by atoms with Gasteiger partial charge in [0.15, 0.2) is 0 Å². The average Bonchev–Trinajstić information content (AvgIpc) is 2.99. The van der Waals surface area contributed by atoms with Crippen LogP contribution < -0.4 is 14.5 Å². The fourth-order valence-corrected chi connectivity index (χ4v) is 5.18. The van der Waals surface area contributed by atoms with E-state index in [9.17, 15) is 9.59 Å². The van der Waals surface area contributed by atoms with E-state index in [1.165, 1.54) is 11.8 Å². The number of benzene rings is 2. The van der Waals surface area contributed by atoms with E-state index in [-0.39, 0.29) is 18.4 Å². The molecule has 0 N–H and O–H groups in total. The molecule has 3 aromatic rings. The Bertz CT molecular complexity index is 1180. The van der Waals surface area contributed by atoms with E-state index < -0.39 is 0 Å². The summed E-state index contributed by atoms with van der Waals surface area (Å²) in [7, 11) is 1.65. The van der Waals surface area contributed by atoms with Crippen LogP contribution in [0.4, 0.5) is 11.4 Å². The second kappa shape index (κ2) is 9.15. The lowest BCUT2D eigenvalue weighted by Gasteiger charge is -2.37. The number of carbonyl (C=O) groups is 2. The Hall–Kier alpha value is -3.52. The number of aromatic nitrogens is 1. The monoisotopic (exact) mass is 460 g/mol. The van der Waals surface area contributed by atoms with Crippen LogP contribution in [0, 0.1) is 0 Å². The minimum absolute atomic E-state index is 0.00722. The van der Waals surface area contributed by atoms with E-state index in [0.717, 1.165) is 35.1 Å². The number of para-hydroxylation sites is 1. The van der Waals surface area contributed by atoms with E-state index in [0.29, 0.717) is 23.7 Å². The Labute approximate surface area is 197 Å². The summed E-state index contributed by atoms with van der Waals surface area (Å²) in [6, 6.07) is 19.2. The molecule has 33 heavy (non-hydrogen) atoms. The van der Waals surface area contributed by atoms with Crippen LogP contribution in [-0.4, -0.2) is 61.5 Å². The maximum atomic E-state index is 13.4. The number of ether oxygens (including phenoxy) is 1. The van der Waals surface area contributed by atoms with Crippen molar-refractivity contribution in [2.24, 2.45) is 0 Å². The van der Waals surface area contributed by atoms with Crippen molar-refractivity contribution in [3.05, 3.63) is 72.4 Å².